The molecule has 4 nitrogen and oxygen atoms in total. The summed E-state index contributed by atoms with van der Waals surface area (Å²) in [6.07, 6.45) is 4.72. The Morgan fingerprint density at radius 2 is 1.95 bits per heavy atom. The van der Waals surface area contributed by atoms with Crippen molar-refractivity contribution in [2.24, 2.45) is 0 Å². The zero-order valence-corrected chi connectivity index (χ0v) is 13.6. The summed E-state index contributed by atoms with van der Waals surface area (Å²) in [6.45, 7) is 6.22. The van der Waals surface area contributed by atoms with E-state index in [1.54, 1.807) is 0 Å². The van der Waals surface area contributed by atoms with Gasteiger partial charge in [-0.3, -0.25) is 4.98 Å². The number of hydrogen-bond acceptors (Lipinski definition) is 4. The van der Waals surface area contributed by atoms with Crippen molar-refractivity contribution in [3.05, 3.63) is 47.0 Å². The highest BCUT2D eigenvalue weighted by Crippen LogP contribution is 2.35. The van der Waals surface area contributed by atoms with Crippen LogP contribution in [0, 0.1) is 13.8 Å². The standard InChI is InChI=1S/C18H24N4/c1-12-6-4-9-16(19-12)10-13(2)20-18-21-14(3)11-17(22-18)15-7-5-8-15/h4,6,9,11,13,15H,5,7-8,10H2,1-3H3,(H,20,21,22)/t13-/m1/s1. The van der Waals surface area contributed by atoms with Crippen molar-refractivity contribution < 1.29 is 0 Å². The molecule has 0 saturated heterocycles. The number of aryl methyl sites for hydroxylation is 2. The van der Waals surface area contributed by atoms with Crippen molar-refractivity contribution in [2.45, 2.75) is 58.4 Å². The lowest BCUT2D eigenvalue weighted by Crippen LogP contribution is -2.22. The Labute approximate surface area is 132 Å². The Balaban J connectivity index is 1.68. The number of anilines is 1. The molecule has 0 aliphatic heterocycles. The van der Waals surface area contributed by atoms with E-state index in [9.17, 15) is 0 Å². The van der Waals surface area contributed by atoms with E-state index in [1.807, 2.05) is 19.9 Å². The van der Waals surface area contributed by atoms with Crippen molar-refractivity contribution in [1.29, 1.82) is 0 Å². The number of aromatic nitrogens is 3. The average molecular weight is 296 g/mol. The van der Waals surface area contributed by atoms with E-state index in [2.05, 4.69) is 40.4 Å². The Hall–Kier alpha value is -1.97. The minimum Gasteiger partial charge on any atom is -0.351 e. The van der Waals surface area contributed by atoms with Gasteiger partial charge < -0.3 is 5.32 Å². The molecular formula is C18H24N4. The third-order valence-corrected chi connectivity index (χ3v) is 4.23. The van der Waals surface area contributed by atoms with Crippen LogP contribution in [-0.4, -0.2) is 21.0 Å². The molecule has 22 heavy (non-hydrogen) atoms. The van der Waals surface area contributed by atoms with Gasteiger partial charge >= 0.3 is 0 Å². The normalized spacial score (nSPS) is 16.1. The topological polar surface area (TPSA) is 50.7 Å². The van der Waals surface area contributed by atoms with Crippen molar-refractivity contribution >= 4 is 5.95 Å². The number of hydrogen-bond donors (Lipinski definition) is 1. The van der Waals surface area contributed by atoms with Gasteiger partial charge in [0, 0.05) is 41.2 Å². The third kappa shape index (κ3) is 3.62. The van der Waals surface area contributed by atoms with Crippen molar-refractivity contribution in [3.63, 3.8) is 0 Å². The molecule has 1 fully saturated rings. The van der Waals surface area contributed by atoms with Crippen molar-refractivity contribution in [3.8, 4) is 0 Å². The second-order valence-corrected chi connectivity index (χ2v) is 6.41. The number of nitrogens with zero attached hydrogens (tertiary/aromatic N) is 3. The highest BCUT2D eigenvalue weighted by atomic mass is 15.1. The van der Waals surface area contributed by atoms with Crippen LogP contribution < -0.4 is 5.32 Å². The van der Waals surface area contributed by atoms with Gasteiger partial charge in [-0.1, -0.05) is 12.5 Å². The summed E-state index contributed by atoms with van der Waals surface area (Å²) in [5, 5.41) is 3.43. The molecule has 116 valence electrons. The zero-order valence-electron chi connectivity index (χ0n) is 13.6. The first-order valence-electron chi connectivity index (χ1n) is 8.15. The van der Waals surface area contributed by atoms with Gasteiger partial charge in [0.05, 0.1) is 0 Å². The van der Waals surface area contributed by atoms with Gasteiger partial charge in [0.15, 0.2) is 0 Å². The summed E-state index contributed by atoms with van der Waals surface area (Å²) >= 11 is 0. The maximum atomic E-state index is 4.71. The summed E-state index contributed by atoms with van der Waals surface area (Å²) in [5.41, 5.74) is 4.40. The predicted octanol–water partition coefficient (Wildman–Crippen LogP) is 3.80. The van der Waals surface area contributed by atoms with E-state index in [4.69, 9.17) is 4.98 Å². The van der Waals surface area contributed by atoms with E-state index < -0.39 is 0 Å². The van der Waals surface area contributed by atoms with Crippen LogP contribution in [0.25, 0.3) is 0 Å². The monoisotopic (exact) mass is 296 g/mol. The fourth-order valence-electron chi connectivity index (χ4n) is 2.87. The molecule has 0 spiro atoms. The van der Waals surface area contributed by atoms with Gasteiger partial charge in [-0.25, -0.2) is 9.97 Å². The first kappa shape index (κ1) is 14.9. The third-order valence-electron chi connectivity index (χ3n) is 4.23. The second-order valence-electron chi connectivity index (χ2n) is 6.41. The number of nitrogens with one attached hydrogen (secondary N) is 1. The summed E-state index contributed by atoms with van der Waals surface area (Å²) < 4.78 is 0. The van der Waals surface area contributed by atoms with E-state index >= 15 is 0 Å². The van der Waals surface area contributed by atoms with Crippen LogP contribution in [-0.2, 0) is 6.42 Å². The summed E-state index contributed by atoms with van der Waals surface area (Å²) in [5.74, 6) is 1.39. The van der Waals surface area contributed by atoms with Gasteiger partial charge in [0.2, 0.25) is 5.95 Å². The first-order chi connectivity index (χ1) is 10.6. The molecule has 1 aliphatic rings. The van der Waals surface area contributed by atoms with Crippen LogP contribution in [0.5, 0.6) is 0 Å². The smallest absolute Gasteiger partial charge is 0.223 e. The molecule has 0 amide bonds. The van der Waals surface area contributed by atoms with Gasteiger partial charge in [0.1, 0.15) is 0 Å². The SMILES string of the molecule is Cc1cccc(C[C@@H](C)Nc2nc(C)cc(C3CCC3)n2)n1. The largest absolute Gasteiger partial charge is 0.351 e. The summed E-state index contributed by atoms with van der Waals surface area (Å²) in [4.78, 5) is 13.8. The van der Waals surface area contributed by atoms with Crippen LogP contribution >= 0.6 is 0 Å². The Bertz CT molecular complexity index is 649. The first-order valence-corrected chi connectivity index (χ1v) is 8.15. The molecule has 0 bridgehead atoms. The predicted molar refractivity (Wildman–Crippen MR) is 89.1 cm³/mol. The molecule has 1 N–H and O–H groups in total. The quantitative estimate of drug-likeness (QED) is 0.912. The van der Waals surface area contributed by atoms with Crippen LogP contribution in [0.4, 0.5) is 5.95 Å². The van der Waals surface area contributed by atoms with Crippen LogP contribution in [0.3, 0.4) is 0 Å². The van der Waals surface area contributed by atoms with Gasteiger partial charge in [-0.15, -0.1) is 0 Å². The lowest BCUT2D eigenvalue weighted by Gasteiger charge is -2.25. The molecule has 2 aromatic rings. The Morgan fingerprint density at radius 1 is 1.14 bits per heavy atom. The molecular weight excluding hydrogens is 272 g/mol. The minimum absolute atomic E-state index is 0.255. The van der Waals surface area contributed by atoms with Crippen LogP contribution in [0.1, 0.15) is 54.9 Å². The Morgan fingerprint density at radius 3 is 2.64 bits per heavy atom. The molecule has 2 heterocycles. The molecule has 4 heteroatoms. The summed E-state index contributed by atoms with van der Waals surface area (Å²) in [7, 11) is 0. The summed E-state index contributed by atoms with van der Waals surface area (Å²) in [6, 6.07) is 8.53. The van der Waals surface area contributed by atoms with E-state index in [1.165, 1.54) is 25.0 Å². The molecule has 1 saturated carbocycles. The van der Waals surface area contributed by atoms with Gasteiger partial charge in [-0.2, -0.15) is 0 Å². The van der Waals surface area contributed by atoms with Crippen molar-refractivity contribution in [1.82, 2.24) is 15.0 Å². The van der Waals surface area contributed by atoms with E-state index in [-0.39, 0.29) is 6.04 Å². The molecule has 1 atom stereocenters. The lowest BCUT2D eigenvalue weighted by molar-refractivity contribution is 0.410. The Kier molecular flexibility index (Phi) is 4.36. The average Bonchev–Trinajstić information content (AvgIpc) is 2.35. The maximum absolute atomic E-state index is 4.71. The highest BCUT2D eigenvalue weighted by Gasteiger charge is 2.22. The van der Waals surface area contributed by atoms with Gasteiger partial charge in [-0.05, 0) is 51.8 Å². The molecule has 3 rings (SSSR count). The molecule has 0 aromatic carbocycles. The van der Waals surface area contributed by atoms with E-state index in [0.29, 0.717) is 5.92 Å². The molecule has 2 aromatic heterocycles. The number of pyridine rings is 1. The van der Waals surface area contributed by atoms with Crippen LogP contribution in [0.15, 0.2) is 24.3 Å². The van der Waals surface area contributed by atoms with E-state index in [0.717, 1.165) is 29.5 Å². The van der Waals surface area contributed by atoms with Crippen molar-refractivity contribution in [2.75, 3.05) is 5.32 Å². The molecule has 0 unspecified atom stereocenters. The minimum atomic E-state index is 0.255. The zero-order chi connectivity index (χ0) is 15.5. The fraction of sp³-hybridized carbons (Fsp3) is 0.500. The molecule has 0 radical (unpaired) electrons. The molecule has 1 aliphatic carbocycles. The van der Waals surface area contributed by atoms with Gasteiger partial charge in [0.25, 0.3) is 0 Å². The fourth-order valence-corrected chi connectivity index (χ4v) is 2.87. The lowest BCUT2D eigenvalue weighted by atomic mass is 9.83. The maximum Gasteiger partial charge on any atom is 0.223 e. The second kappa shape index (κ2) is 6.42. The van der Waals surface area contributed by atoms with Crippen LogP contribution in [0.2, 0.25) is 0 Å². The number of rotatable bonds is 5. The highest BCUT2D eigenvalue weighted by molar-refractivity contribution is 5.31.